The number of benzene rings is 1. The summed E-state index contributed by atoms with van der Waals surface area (Å²) >= 11 is 5.87. The van der Waals surface area contributed by atoms with Crippen LogP contribution in [0.1, 0.15) is 18.0 Å². The van der Waals surface area contributed by atoms with Gasteiger partial charge in [-0.2, -0.15) is 5.48 Å². The summed E-state index contributed by atoms with van der Waals surface area (Å²) < 4.78 is 13.3. The molecule has 0 saturated carbocycles. The van der Waals surface area contributed by atoms with Crippen molar-refractivity contribution >= 4 is 11.6 Å². The van der Waals surface area contributed by atoms with E-state index >= 15 is 0 Å². The minimum atomic E-state index is -0.282. The van der Waals surface area contributed by atoms with Crippen molar-refractivity contribution in [3.63, 3.8) is 0 Å². The Morgan fingerprint density at radius 2 is 2.20 bits per heavy atom. The summed E-state index contributed by atoms with van der Waals surface area (Å²) in [5.74, 6) is -0.282. The summed E-state index contributed by atoms with van der Waals surface area (Å²) in [6.45, 7) is 6.59. The Morgan fingerprint density at radius 3 is 2.73 bits per heavy atom. The van der Waals surface area contributed by atoms with Crippen LogP contribution >= 0.6 is 11.6 Å². The molecule has 0 amide bonds. The van der Waals surface area contributed by atoms with Crippen LogP contribution in [0.2, 0.25) is 5.02 Å². The third-order valence-corrected chi connectivity index (χ3v) is 2.41. The average molecular weight is 230 g/mol. The van der Waals surface area contributed by atoms with Crippen molar-refractivity contribution < 1.29 is 9.23 Å². The topological polar surface area (TPSA) is 21.3 Å². The monoisotopic (exact) mass is 229 g/mol. The number of hydrogen-bond donors (Lipinski definition) is 1. The number of halogens is 2. The van der Waals surface area contributed by atoms with E-state index in [0.29, 0.717) is 17.2 Å². The van der Waals surface area contributed by atoms with Crippen molar-refractivity contribution in [3.05, 3.63) is 47.8 Å². The first-order chi connectivity index (χ1) is 7.29. The first-order valence-electron chi connectivity index (χ1n) is 4.60. The second kappa shape index (κ2) is 5.85. The lowest BCUT2D eigenvalue weighted by atomic mass is 10.1. The van der Waals surface area contributed by atoms with Gasteiger partial charge in [0.1, 0.15) is 5.82 Å². The Balaban J connectivity index is 0.000000531. The zero-order valence-corrected chi connectivity index (χ0v) is 9.06. The van der Waals surface area contributed by atoms with Gasteiger partial charge in [0.25, 0.3) is 0 Å². The minimum absolute atomic E-state index is 0.117. The summed E-state index contributed by atoms with van der Waals surface area (Å²) in [6, 6.07) is 4.56. The molecule has 1 heterocycles. The van der Waals surface area contributed by atoms with Crippen molar-refractivity contribution in [3.8, 4) is 0 Å². The molecule has 4 heteroatoms. The highest BCUT2D eigenvalue weighted by molar-refractivity contribution is 6.31. The SMILES string of the molecule is C=C.Fc1cccc(Cl)c1C1CCON1. The van der Waals surface area contributed by atoms with Gasteiger partial charge in [-0.25, -0.2) is 4.39 Å². The molecule has 1 saturated heterocycles. The van der Waals surface area contributed by atoms with E-state index in [9.17, 15) is 4.39 Å². The molecule has 1 atom stereocenters. The average Bonchev–Trinajstić information content (AvgIpc) is 2.74. The number of nitrogens with one attached hydrogen (secondary N) is 1. The maximum absolute atomic E-state index is 13.3. The molecule has 2 nitrogen and oxygen atoms in total. The van der Waals surface area contributed by atoms with Crippen LogP contribution in [0.5, 0.6) is 0 Å². The summed E-state index contributed by atoms with van der Waals surface area (Å²) in [7, 11) is 0. The second-order valence-corrected chi connectivity index (χ2v) is 3.35. The predicted molar refractivity (Wildman–Crippen MR) is 59.1 cm³/mol. The van der Waals surface area contributed by atoms with Crippen LogP contribution in [0.25, 0.3) is 0 Å². The Kier molecular flexibility index (Phi) is 4.75. The maximum atomic E-state index is 13.3. The van der Waals surface area contributed by atoms with Crippen LogP contribution in [0.15, 0.2) is 31.4 Å². The predicted octanol–water partition coefficient (Wildman–Crippen LogP) is 3.25. The van der Waals surface area contributed by atoms with Gasteiger partial charge < -0.3 is 4.84 Å². The van der Waals surface area contributed by atoms with Gasteiger partial charge in [0.15, 0.2) is 0 Å². The lowest BCUT2D eigenvalue weighted by Gasteiger charge is -2.11. The van der Waals surface area contributed by atoms with E-state index in [2.05, 4.69) is 18.6 Å². The van der Waals surface area contributed by atoms with Crippen molar-refractivity contribution in [2.45, 2.75) is 12.5 Å². The van der Waals surface area contributed by atoms with E-state index in [4.69, 9.17) is 16.4 Å². The molecule has 82 valence electrons. The normalized spacial score (nSPS) is 19.5. The third-order valence-electron chi connectivity index (χ3n) is 2.08. The van der Waals surface area contributed by atoms with Crippen molar-refractivity contribution in [1.82, 2.24) is 5.48 Å². The Bertz CT molecular complexity index is 306. The lowest BCUT2D eigenvalue weighted by Crippen LogP contribution is -2.13. The van der Waals surface area contributed by atoms with Crippen molar-refractivity contribution in [2.75, 3.05) is 6.61 Å². The molecule has 15 heavy (non-hydrogen) atoms. The molecule has 1 aliphatic rings. The lowest BCUT2D eigenvalue weighted by molar-refractivity contribution is 0.0877. The molecule has 0 aromatic heterocycles. The third kappa shape index (κ3) is 2.78. The van der Waals surface area contributed by atoms with E-state index in [-0.39, 0.29) is 11.9 Å². The molecule has 1 aliphatic heterocycles. The number of rotatable bonds is 1. The zero-order valence-electron chi connectivity index (χ0n) is 8.30. The maximum Gasteiger partial charge on any atom is 0.129 e. The molecule has 1 aromatic carbocycles. The van der Waals surface area contributed by atoms with E-state index in [1.54, 1.807) is 12.1 Å². The van der Waals surface area contributed by atoms with E-state index in [1.165, 1.54) is 6.07 Å². The smallest absolute Gasteiger partial charge is 0.129 e. The van der Waals surface area contributed by atoms with Crippen LogP contribution < -0.4 is 5.48 Å². The Hall–Kier alpha value is -0.900. The quantitative estimate of drug-likeness (QED) is 0.747. The molecule has 0 bridgehead atoms. The Morgan fingerprint density at radius 1 is 1.47 bits per heavy atom. The second-order valence-electron chi connectivity index (χ2n) is 2.94. The highest BCUT2D eigenvalue weighted by atomic mass is 35.5. The molecular weight excluding hydrogens is 217 g/mol. The molecule has 0 spiro atoms. The summed E-state index contributed by atoms with van der Waals surface area (Å²) in [5.41, 5.74) is 3.23. The molecular formula is C11H13ClFNO. The van der Waals surface area contributed by atoms with Crippen molar-refractivity contribution in [1.29, 1.82) is 0 Å². The van der Waals surface area contributed by atoms with Crippen molar-refractivity contribution in [2.24, 2.45) is 0 Å². The first kappa shape index (κ1) is 12.2. The highest BCUT2D eigenvalue weighted by Gasteiger charge is 2.22. The van der Waals surface area contributed by atoms with E-state index in [1.807, 2.05) is 0 Å². The Labute approximate surface area is 93.7 Å². The van der Waals surface area contributed by atoms with Crippen LogP contribution in [-0.2, 0) is 4.84 Å². The zero-order chi connectivity index (χ0) is 11.3. The van der Waals surface area contributed by atoms with Gasteiger partial charge in [-0.3, -0.25) is 0 Å². The molecule has 0 radical (unpaired) electrons. The van der Waals surface area contributed by atoms with Gasteiger partial charge in [0.05, 0.1) is 12.6 Å². The number of hydroxylamine groups is 1. The standard InChI is InChI=1S/C9H9ClFNO.C2H4/c10-6-2-1-3-7(11)9(6)8-4-5-13-12-8;1-2/h1-3,8,12H,4-5H2;1-2H2. The fourth-order valence-corrected chi connectivity index (χ4v) is 1.74. The van der Waals surface area contributed by atoms with Crippen LogP contribution in [0.4, 0.5) is 4.39 Å². The molecule has 1 N–H and O–H groups in total. The first-order valence-corrected chi connectivity index (χ1v) is 4.98. The minimum Gasteiger partial charge on any atom is -0.301 e. The van der Waals surface area contributed by atoms with Crippen LogP contribution in [-0.4, -0.2) is 6.61 Å². The number of hydrogen-bond acceptors (Lipinski definition) is 2. The van der Waals surface area contributed by atoms with Crippen LogP contribution in [0.3, 0.4) is 0 Å². The fraction of sp³-hybridized carbons (Fsp3) is 0.273. The van der Waals surface area contributed by atoms with Gasteiger partial charge >= 0.3 is 0 Å². The van der Waals surface area contributed by atoms with Gasteiger partial charge in [-0.1, -0.05) is 17.7 Å². The fourth-order valence-electron chi connectivity index (χ4n) is 1.44. The van der Waals surface area contributed by atoms with Gasteiger partial charge in [0, 0.05) is 10.6 Å². The van der Waals surface area contributed by atoms with E-state index < -0.39 is 0 Å². The molecule has 2 rings (SSSR count). The van der Waals surface area contributed by atoms with Gasteiger partial charge in [-0.15, -0.1) is 13.2 Å². The molecule has 1 unspecified atom stereocenters. The van der Waals surface area contributed by atoms with E-state index in [0.717, 1.165) is 6.42 Å². The largest absolute Gasteiger partial charge is 0.301 e. The van der Waals surface area contributed by atoms with Crippen LogP contribution in [0, 0.1) is 5.82 Å². The highest BCUT2D eigenvalue weighted by Crippen LogP contribution is 2.29. The van der Waals surface area contributed by atoms with Gasteiger partial charge in [0.2, 0.25) is 0 Å². The molecule has 0 aliphatic carbocycles. The summed E-state index contributed by atoms with van der Waals surface area (Å²) in [4.78, 5) is 4.95. The summed E-state index contributed by atoms with van der Waals surface area (Å²) in [6.07, 6.45) is 0.751. The molecule has 1 aromatic rings. The summed E-state index contributed by atoms with van der Waals surface area (Å²) in [5, 5.41) is 0.447. The van der Waals surface area contributed by atoms with Gasteiger partial charge in [-0.05, 0) is 18.6 Å². The molecule has 1 fully saturated rings.